The van der Waals surface area contributed by atoms with Crippen molar-refractivity contribution in [2.45, 2.75) is 19.9 Å². The standard InChI is InChI=1S/C16H14N2O2S/c1-10(11(2)19)18-9-17-15-14(16(18)20)13(8-21-15)12-6-4-3-5-7-12/h3-10H,1-2H3/t10-/m0/s1. The Kier molecular flexibility index (Phi) is 3.43. The second-order valence-electron chi connectivity index (χ2n) is 4.94. The number of aromatic nitrogens is 2. The molecule has 4 nitrogen and oxygen atoms in total. The van der Waals surface area contributed by atoms with E-state index in [0.29, 0.717) is 10.2 Å². The molecule has 0 saturated carbocycles. The third-order valence-corrected chi connectivity index (χ3v) is 4.50. The van der Waals surface area contributed by atoms with Crippen molar-refractivity contribution in [2.75, 3.05) is 0 Å². The Labute approximate surface area is 125 Å². The molecule has 3 aromatic rings. The van der Waals surface area contributed by atoms with Gasteiger partial charge in [0, 0.05) is 10.9 Å². The lowest BCUT2D eigenvalue weighted by molar-refractivity contribution is -0.119. The van der Waals surface area contributed by atoms with E-state index < -0.39 is 6.04 Å². The Morgan fingerprint density at radius 2 is 2.00 bits per heavy atom. The minimum atomic E-state index is -0.502. The van der Waals surface area contributed by atoms with Gasteiger partial charge in [-0.2, -0.15) is 0 Å². The molecule has 0 aliphatic rings. The van der Waals surface area contributed by atoms with Crippen LogP contribution in [0.1, 0.15) is 19.9 Å². The molecule has 5 heteroatoms. The molecule has 0 bridgehead atoms. The van der Waals surface area contributed by atoms with Crippen molar-refractivity contribution in [3.05, 3.63) is 52.4 Å². The van der Waals surface area contributed by atoms with Crippen LogP contribution >= 0.6 is 11.3 Å². The number of carbonyl (C=O) groups excluding carboxylic acids is 1. The average molecular weight is 298 g/mol. The van der Waals surface area contributed by atoms with Crippen molar-refractivity contribution in [3.8, 4) is 11.1 Å². The number of carbonyl (C=O) groups is 1. The van der Waals surface area contributed by atoms with Crippen molar-refractivity contribution in [1.82, 2.24) is 9.55 Å². The van der Waals surface area contributed by atoms with Crippen LogP contribution in [0.25, 0.3) is 21.3 Å². The van der Waals surface area contributed by atoms with Crippen LogP contribution in [0.2, 0.25) is 0 Å². The van der Waals surface area contributed by atoms with Crippen molar-refractivity contribution < 1.29 is 4.79 Å². The molecule has 3 rings (SSSR count). The van der Waals surface area contributed by atoms with Crippen LogP contribution in [-0.2, 0) is 4.79 Å². The molecular formula is C16H14N2O2S. The van der Waals surface area contributed by atoms with Gasteiger partial charge >= 0.3 is 0 Å². The van der Waals surface area contributed by atoms with Crippen LogP contribution in [0.15, 0.2) is 46.8 Å². The summed E-state index contributed by atoms with van der Waals surface area (Å²) in [4.78, 5) is 29.3. The predicted octanol–water partition coefficient (Wildman–Crippen LogP) is 3.28. The zero-order chi connectivity index (χ0) is 15.0. The first-order chi connectivity index (χ1) is 10.1. The van der Waals surface area contributed by atoms with Crippen molar-refractivity contribution in [3.63, 3.8) is 0 Å². The largest absolute Gasteiger partial charge is 0.298 e. The number of thiophene rings is 1. The fourth-order valence-electron chi connectivity index (χ4n) is 2.25. The normalized spacial score (nSPS) is 12.5. The molecule has 0 radical (unpaired) electrons. The Bertz CT molecular complexity index is 865. The summed E-state index contributed by atoms with van der Waals surface area (Å²) in [5.41, 5.74) is 1.69. The summed E-state index contributed by atoms with van der Waals surface area (Å²) in [7, 11) is 0. The number of fused-ring (bicyclic) bond motifs is 1. The van der Waals surface area contributed by atoms with Gasteiger partial charge in [0.05, 0.1) is 17.8 Å². The molecule has 2 aromatic heterocycles. The second kappa shape index (κ2) is 5.26. The van der Waals surface area contributed by atoms with E-state index in [2.05, 4.69) is 4.98 Å². The van der Waals surface area contributed by atoms with Gasteiger partial charge in [-0.25, -0.2) is 4.98 Å². The van der Waals surface area contributed by atoms with E-state index >= 15 is 0 Å². The molecule has 0 saturated heterocycles. The summed E-state index contributed by atoms with van der Waals surface area (Å²) < 4.78 is 1.41. The molecule has 0 amide bonds. The number of hydrogen-bond acceptors (Lipinski definition) is 4. The summed E-state index contributed by atoms with van der Waals surface area (Å²) in [5, 5.41) is 2.53. The van der Waals surface area contributed by atoms with Crippen LogP contribution < -0.4 is 5.56 Å². The van der Waals surface area contributed by atoms with Gasteiger partial charge in [0.25, 0.3) is 5.56 Å². The highest BCUT2D eigenvalue weighted by molar-refractivity contribution is 7.17. The van der Waals surface area contributed by atoms with Gasteiger partial charge < -0.3 is 0 Å². The zero-order valence-corrected chi connectivity index (χ0v) is 12.6. The lowest BCUT2D eigenvalue weighted by Crippen LogP contribution is -2.27. The fraction of sp³-hybridized carbons (Fsp3) is 0.188. The maximum absolute atomic E-state index is 12.7. The van der Waals surface area contributed by atoms with Crippen molar-refractivity contribution in [1.29, 1.82) is 0 Å². The molecule has 0 spiro atoms. The number of nitrogens with zero attached hydrogens (tertiary/aromatic N) is 2. The summed E-state index contributed by atoms with van der Waals surface area (Å²) in [5.74, 6) is -0.0604. The summed E-state index contributed by atoms with van der Waals surface area (Å²) in [6, 6.07) is 9.24. The smallest absolute Gasteiger partial charge is 0.263 e. The van der Waals surface area contributed by atoms with Gasteiger partial charge in [0.2, 0.25) is 0 Å². The quantitative estimate of drug-likeness (QED) is 0.745. The molecule has 1 atom stereocenters. The van der Waals surface area contributed by atoms with E-state index in [9.17, 15) is 9.59 Å². The zero-order valence-electron chi connectivity index (χ0n) is 11.7. The molecule has 1 aromatic carbocycles. The second-order valence-corrected chi connectivity index (χ2v) is 5.80. The highest BCUT2D eigenvalue weighted by Crippen LogP contribution is 2.30. The van der Waals surface area contributed by atoms with E-state index in [4.69, 9.17) is 0 Å². The lowest BCUT2D eigenvalue weighted by atomic mass is 10.1. The highest BCUT2D eigenvalue weighted by atomic mass is 32.1. The van der Waals surface area contributed by atoms with Crippen molar-refractivity contribution in [2.24, 2.45) is 0 Å². The van der Waals surface area contributed by atoms with E-state index in [1.54, 1.807) is 6.92 Å². The predicted molar refractivity (Wildman–Crippen MR) is 84.7 cm³/mol. The minimum Gasteiger partial charge on any atom is -0.298 e. The SMILES string of the molecule is CC(=O)[C@H](C)n1cnc2scc(-c3ccccc3)c2c1=O. The Balaban J connectivity index is 2.28. The van der Waals surface area contributed by atoms with Crippen LogP contribution in [-0.4, -0.2) is 15.3 Å². The maximum Gasteiger partial charge on any atom is 0.263 e. The molecule has 0 N–H and O–H groups in total. The van der Waals surface area contributed by atoms with Gasteiger partial charge in [-0.05, 0) is 19.4 Å². The van der Waals surface area contributed by atoms with E-state index in [-0.39, 0.29) is 11.3 Å². The first kappa shape index (κ1) is 13.7. The summed E-state index contributed by atoms with van der Waals surface area (Å²) in [6.07, 6.45) is 1.46. The van der Waals surface area contributed by atoms with Gasteiger partial charge in [0.15, 0.2) is 5.78 Å². The molecule has 21 heavy (non-hydrogen) atoms. The number of ketones is 1. The monoisotopic (exact) mass is 298 g/mol. The highest BCUT2D eigenvalue weighted by Gasteiger charge is 2.17. The first-order valence-corrected chi connectivity index (χ1v) is 7.51. The summed E-state index contributed by atoms with van der Waals surface area (Å²) in [6.45, 7) is 3.19. The van der Waals surface area contributed by atoms with E-state index in [0.717, 1.165) is 11.1 Å². The van der Waals surface area contributed by atoms with Crippen LogP contribution in [0.5, 0.6) is 0 Å². The Morgan fingerprint density at radius 3 is 2.67 bits per heavy atom. The van der Waals surface area contributed by atoms with Gasteiger partial charge in [0.1, 0.15) is 4.83 Å². The molecule has 0 fully saturated rings. The van der Waals surface area contributed by atoms with Gasteiger partial charge in [-0.15, -0.1) is 11.3 Å². The first-order valence-electron chi connectivity index (χ1n) is 6.64. The van der Waals surface area contributed by atoms with Gasteiger partial charge in [-0.3, -0.25) is 14.2 Å². The molecule has 0 aliphatic heterocycles. The molecule has 106 valence electrons. The summed E-state index contributed by atoms with van der Waals surface area (Å²) >= 11 is 1.44. The lowest BCUT2D eigenvalue weighted by Gasteiger charge is -2.11. The fourth-order valence-corrected chi connectivity index (χ4v) is 3.15. The topological polar surface area (TPSA) is 52.0 Å². The maximum atomic E-state index is 12.7. The van der Waals surface area contributed by atoms with Crippen LogP contribution in [0, 0.1) is 0 Å². The van der Waals surface area contributed by atoms with Crippen LogP contribution in [0.4, 0.5) is 0 Å². The average Bonchev–Trinajstić information content (AvgIpc) is 2.92. The number of Topliss-reactive ketones (excluding diaryl/α,β-unsaturated/α-hetero) is 1. The van der Waals surface area contributed by atoms with Crippen LogP contribution in [0.3, 0.4) is 0 Å². The number of benzene rings is 1. The molecule has 0 unspecified atom stereocenters. The van der Waals surface area contributed by atoms with E-state index in [1.165, 1.54) is 29.2 Å². The Hall–Kier alpha value is -2.27. The third-order valence-electron chi connectivity index (χ3n) is 3.61. The van der Waals surface area contributed by atoms with E-state index in [1.807, 2.05) is 35.7 Å². The third kappa shape index (κ3) is 2.29. The number of hydrogen-bond donors (Lipinski definition) is 0. The minimum absolute atomic E-state index is 0.0604. The molecule has 0 aliphatic carbocycles. The molecular weight excluding hydrogens is 284 g/mol. The van der Waals surface area contributed by atoms with Crippen molar-refractivity contribution >= 4 is 27.3 Å². The molecule has 2 heterocycles. The number of rotatable bonds is 3. The Morgan fingerprint density at radius 1 is 1.29 bits per heavy atom. The van der Waals surface area contributed by atoms with Gasteiger partial charge in [-0.1, -0.05) is 30.3 Å².